The topological polar surface area (TPSA) is 45.2 Å². The Balaban J connectivity index is 2.61. The summed E-state index contributed by atoms with van der Waals surface area (Å²) < 4.78 is 0. The van der Waals surface area contributed by atoms with Gasteiger partial charge in [-0.05, 0) is 24.5 Å². The molecule has 0 aromatic carbocycles. The number of carbonyl (C=O) groups excluding carboxylic acids is 1. The summed E-state index contributed by atoms with van der Waals surface area (Å²) in [7, 11) is 1.83. The fourth-order valence-electron chi connectivity index (χ4n) is 1.77. The first kappa shape index (κ1) is 15.5. The summed E-state index contributed by atoms with van der Waals surface area (Å²) in [5.74, 6) is 0.502. The van der Waals surface area contributed by atoms with Gasteiger partial charge in [-0.2, -0.15) is 0 Å². The predicted molar refractivity (Wildman–Crippen MR) is 79.4 cm³/mol. The first-order valence-electron chi connectivity index (χ1n) is 7.03. The van der Waals surface area contributed by atoms with Gasteiger partial charge in [-0.15, -0.1) is 0 Å². The smallest absolute Gasteiger partial charge is 0.272 e. The van der Waals surface area contributed by atoms with Gasteiger partial charge >= 0.3 is 0 Å². The average molecular weight is 263 g/mol. The molecule has 0 aliphatic carbocycles. The van der Waals surface area contributed by atoms with Gasteiger partial charge in [0.1, 0.15) is 5.69 Å². The molecule has 0 bridgehead atoms. The molecule has 1 aromatic rings. The maximum atomic E-state index is 12.2. The molecule has 1 atom stereocenters. The zero-order valence-corrected chi connectivity index (χ0v) is 12.4. The minimum absolute atomic E-state index is 0.0117. The Morgan fingerprint density at radius 2 is 2.16 bits per heavy atom. The summed E-state index contributed by atoms with van der Waals surface area (Å²) >= 11 is 0. The second kappa shape index (κ2) is 7.77. The molecule has 0 saturated heterocycles. The standard InChI is InChI=1S/C15H25N3O/c1-5-9-16-13-7-8-14(17-10-13)15(19)18(4)11-12(3)6-2/h7-8,10,12,16H,5-6,9,11H2,1-4H3. The number of aromatic nitrogens is 1. The minimum Gasteiger partial charge on any atom is -0.384 e. The molecule has 0 saturated carbocycles. The van der Waals surface area contributed by atoms with Gasteiger partial charge in [-0.1, -0.05) is 27.2 Å². The normalized spacial score (nSPS) is 12.0. The highest BCUT2D eigenvalue weighted by molar-refractivity contribution is 5.92. The lowest BCUT2D eigenvalue weighted by Crippen LogP contribution is -2.31. The number of anilines is 1. The van der Waals surface area contributed by atoms with Gasteiger partial charge in [0.25, 0.3) is 5.91 Å². The van der Waals surface area contributed by atoms with E-state index in [1.807, 2.05) is 13.1 Å². The van der Waals surface area contributed by atoms with Crippen LogP contribution in [0.1, 0.15) is 44.1 Å². The second-order valence-corrected chi connectivity index (χ2v) is 5.06. The fourth-order valence-corrected chi connectivity index (χ4v) is 1.77. The quantitative estimate of drug-likeness (QED) is 0.822. The minimum atomic E-state index is -0.0117. The summed E-state index contributed by atoms with van der Waals surface area (Å²) in [6.45, 7) is 8.09. The van der Waals surface area contributed by atoms with Crippen LogP contribution >= 0.6 is 0 Å². The number of hydrogen-bond donors (Lipinski definition) is 1. The number of rotatable bonds is 7. The molecule has 1 aromatic heterocycles. The molecule has 1 rings (SSSR count). The maximum absolute atomic E-state index is 12.2. The molecule has 1 N–H and O–H groups in total. The Morgan fingerprint density at radius 3 is 2.68 bits per heavy atom. The molecule has 1 unspecified atom stereocenters. The number of carbonyl (C=O) groups is 1. The van der Waals surface area contributed by atoms with E-state index in [0.29, 0.717) is 11.6 Å². The molecule has 0 aliphatic rings. The van der Waals surface area contributed by atoms with E-state index in [2.05, 4.69) is 31.1 Å². The van der Waals surface area contributed by atoms with Crippen LogP contribution in [-0.2, 0) is 0 Å². The third-order valence-corrected chi connectivity index (χ3v) is 3.19. The van der Waals surface area contributed by atoms with Crippen LogP contribution in [0, 0.1) is 5.92 Å². The van der Waals surface area contributed by atoms with Crippen molar-refractivity contribution < 1.29 is 4.79 Å². The summed E-state index contributed by atoms with van der Waals surface area (Å²) in [4.78, 5) is 18.1. The molecule has 4 heteroatoms. The summed E-state index contributed by atoms with van der Waals surface area (Å²) in [6, 6.07) is 3.69. The van der Waals surface area contributed by atoms with Gasteiger partial charge in [0.05, 0.1) is 11.9 Å². The van der Waals surface area contributed by atoms with Crippen molar-refractivity contribution in [3.05, 3.63) is 24.0 Å². The van der Waals surface area contributed by atoms with Crippen molar-refractivity contribution in [3.63, 3.8) is 0 Å². The van der Waals surface area contributed by atoms with E-state index in [0.717, 1.165) is 31.6 Å². The number of nitrogens with zero attached hydrogens (tertiary/aromatic N) is 2. The van der Waals surface area contributed by atoms with Crippen LogP contribution in [0.3, 0.4) is 0 Å². The largest absolute Gasteiger partial charge is 0.384 e. The Morgan fingerprint density at radius 1 is 1.42 bits per heavy atom. The lowest BCUT2D eigenvalue weighted by molar-refractivity contribution is 0.0769. The van der Waals surface area contributed by atoms with Crippen LogP contribution in [-0.4, -0.2) is 35.9 Å². The Bertz CT molecular complexity index is 389. The summed E-state index contributed by atoms with van der Waals surface area (Å²) in [5, 5.41) is 3.24. The molecule has 19 heavy (non-hydrogen) atoms. The van der Waals surface area contributed by atoms with Crippen LogP contribution in [0.2, 0.25) is 0 Å². The molecule has 1 heterocycles. The van der Waals surface area contributed by atoms with Crippen molar-refractivity contribution in [1.82, 2.24) is 9.88 Å². The van der Waals surface area contributed by atoms with Crippen molar-refractivity contribution in [2.24, 2.45) is 5.92 Å². The van der Waals surface area contributed by atoms with E-state index in [9.17, 15) is 4.79 Å². The molecule has 0 aliphatic heterocycles. The van der Waals surface area contributed by atoms with Crippen LogP contribution in [0.5, 0.6) is 0 Å². The number of pyridine rings is 1. The lowest BCUT2D eigenvalue weighted by Gasteiger charge is -2.20. The van der Waals surface area contributed by atoms with E-state index in [1.165, 1.54) is 0 Å². The van der Waals surface area contributed by atoms with Gasteiger partial charge in [-0.25, -0.2) is 4.98 Å². The average Bonchev–Trinajstić information content (AvgIpc) is 2.44. The van der Waals surface area contributed by atoms with Crippen molar-refractivity contribution in [2.45, 2.75) is 33.6 Å². The number of amides is 1. The Kier molecular flexibility index (Phi) is 6.33. The number of hydrogen-bond acceptors (Lipinski definition) is 3. The van der Waals surface area contributed by atoms with Gasteiger partial charge in [0, 0.05) is 20.1 Å². The highest BCUT2D eigenvalue weighted by atomic mass is 16.2. The Labute approximate surface area is 116 Å². The molecular weight excluding hydrogens is 238 g/mol. The van der Waals surface area contributed by atoms with Crippen molar-refractivity contribution in [2.75, 3.05) is 25.5 Å². The van der Waals surface area contributed by atoms with Crippen LogP contribution in [0.4, 0.5) is 5.69 Å². The second-order valence-electron chi connectivity index (χ2n) is 5.06. The zero-order valence-electron chi connectivity index (χ0n) is 12.4. The van der Waals surface area contributed by atoms with Gasteiger partial charge in [0.15, 0.2) is 0 Å². The maximum Gasteiger partial charge on any atom is 0.272 e. The highest BCUT2D eigenvalue weighted by Gasteiger charge is 2.14. The van der Waals surface area contributed by atoms with E-state index >= 15 is 0 Å². The van der Waals surface area contributed by atoms with E-state index in [1.54, 1.807) is 17.2 Å². The number of nitrogens with one attached hydrogen (secondary N) is 1. The molecule has 0 fully saturated rings. The highest BCUT2D eigenvalue weighted by Crippen LogP contribution is 2.10. The van der Waals surface area contributed by atoms with Gasteiger partial charge < -0.3 is 10.2 Å². The first-order chi connectivity index (χ1) is 9.08. The van der Waals surface area contributed by atoms with Gasteiger partial charge in [-0.3, -0.25) is 4.79 Å². The third kappa shape index (κ3) is 4.89. The molecule has 4 nitrogen and oxygen atoms in total. The summed E-state index contributed by atoms with van der Waals surface area (Å²) in [5.41, 5.74) is 1.47. The van der Waals surface area contributed by atoms with Crippen LogP contribution in [0.15, 0.2) is 18.3 Å². The fraction of sp³-hybridized carbons (Fsp3) is 0.600. The monoisotopic (exact) mass is 263 g/mol. The van der Waals surface area contributed by atoms with Crippen LogP contribution < -0.4 is 5.32 Å². The van der Waals surface area contributed by atoms with E-state index in [-0.39, 0.29) is 5.91 Å². The molecule has 1 amide bonds. The molecule has 0 spiro atoms. The zero-order chi connectivity index (χ0) is 14.3. The molecule has 0 radical (unpaired) electrons. The van der Waals surface area contributed by atoms with Crippen molar-refractivity contribution in [1.29, 1.82) is 0 Å². The third-order valence-electron chi connectivity index (χ3n) is 3.19. The lowest BCUT2D eigenvalue weighted by atomic mass is 10.1. The van der Waals surface area contributed by atoms with Crippen molar-refractivity contribution in [3.8, 4) is 0 Å². The predicted octanol–water partition coefficient (Wildman–Crippen LogP) is 3.02. The molecule has 106 valence electrons. The SMILES string of the molecule is CCCNc1ccc(C(=O)N(C)CC(C)CC)nc1. The van der Waals surface area contributed by atoms with Crippen LogP contribution in [0.25, 0.3) is 0 Å². The van der Waals surface area contributed by atoms with E-state index < -0.39 is 0 Å². The van der Waals surface area contributed by atoms with Gasteiger partial charge in [0.2, 0.25) is 0 Å². The van der Waals surface area contributed by atoms with E-state index in [4.69, 9.17) is 0 Å². The molecular formula is C15H25N3O. The van der Waals surface area contributed by atoms with Crippen molar-refractivity contribution >= 4 is 11.6 Å². The first-order valence-corrected chi connectivity index (χ1v) is 7.03. The Hall–Kier alpha value is -1.58. The summed E-state index contributed by atoms with van der Waals surface area (Å²) in [6.07, 6.45) is 3.86.